The fourth-order valence-corrected chi connectivity index (χ4v) is 2.73. The molecule has 0 unspecified atom stereocenters. The zero-order valence-corrected chi connectivity index (χ0v) is 13.0. The van der Waals surface area contributed by atoms with Crippen LogP contribution in [0.5, 0.6) is 0 Å². The van der Waals surface area contributed by atoms with Crippen molar-refractivity contribution in [2.24, 2.45) is 0 Å². The molecule has 0 spiro atoms. The summed E-state index contributed by atoms with van der Waals surface area (Å²) < 4.78 is 0. The van der Waals surface area contributed by atoms with Crippen LogP contribution in [0.2, 0.25) is 10.0 Å². The fraction of sp³-hybridized carbons (Fsp3) is 0.375. The number of halogens is 2. The van der Waals surface area contributed by atoms with Gasteiger partial charge in [-0.15, -0.1) is 0 Å². The molecule has 1 aliphatic rings. The molecule has 0 atom stereocenters. The van der Waals surface area contributed by atoms with Gasteiger partial charge in [-0.1, -0.05) is 48.5 Å². The monoisotopic (exact) mass is 322 g/mol. The van der Waals surface area contributed by atoms with Crippen LogP contribution in [0.4, 0.5) is 0 Å². The van der Waals surface area contributed by atoms with E-state index in [4.69, 9.17) is 23.2 Å². The Morgan fingerprint density at radius 1 is 1.24 bits per heavy atom. The van der Waals surface area contributed by atoms with Crippen LogP contribution in [-0.4, -0.2) is 11.9 Å². The minimum atomic E-state index is -0.324. The second-order valence-electron chi connectivity index (χ2n) is 5.15. The second kappa shape index (κ2) is 7.49. The third-order valence-corrected chi connectivity index (χ3v) is 4.30. The molecule has 1 N–H and O–H groups in total. The van der Waals surface area contributed by atoms with Crippen molar-refractivity contribution in [1.82, 2.24) is 5.32 Å². The van der Waals surface area contributed by atoms with Crippen molar-refractivity contribution in [2.45, 2.75) is 38.1 Å². The Kier molecular flexibility index (Phi) is 5.67. The molecular weight excluding hydrogens is 307 g/mol. The van der Waals surface area contributed by atoms with Crippen molar-refractivity contribution in [1.29, 1.82) is 5.26 Å². The molecule has 0 aliphatic heterocycles. The summed E-state index contributed by atoms with van der Waals surface area (Å²) in [5, 5.41) is 12.9. The summed E-state index contributed by atoms with van der Waals surface area (Å²) in [5.74, 6) is -0.324. The van der Waals surface area contributed by atoms with Crippen LogP contribution in [0.25, 0.3) is 6.08 Å². The third kappa shape index (κ3) is 4.49. The molecule has 0 bridgehead atoms. The van der Waals surface area contributed by atoms with Gasteiger partial charge in [0.25, 0.3) is 5.91 Å². The molecular formula is C16H16Cl2N2O. The van der Waals surface area contributed by atoms with E-state index in [0.717, 1.165) is 25.7 Å². The number of amides is 1. The van der Waals surface area contributed by atoms with E-state index in [1.54, 1.807) is 18.2 Å². The van der Waals surface area contributed by atoms with Crippen LogP contribution in [0.15, 0.2) is 23.8 Å². The van der Waals surface area contributed by atoms with Crippen LogP contribution >= 0.6 is 23.2 Å². The summed E-state index contributed by atoms with van der Waals surface area (Å²) in [6.45, 7) is 0. The van der Waals surface area contributed by atoms with Gasteiger partial charge in [0.15, 0.2) is 0 Å². The number of carbonyl (C=O) groups excluding carboxylic acids is 1. The van der Waals surface area contributed by atoms with Crippen molar-refractivity contribution in [3.63, 3.8) is 0 Å². The van der Waals surface area contributed by atoms with Crippen molar-refractivity contribution >= 4 is 35.2 Å². The Labute approximate surface area is 134 Å². The molecule has 1 fully saturated rings. The molecule has 1 saturated carbocycles. The number of nitrogens with zero attached hydrogens (tertiary/aromatic N) is 1. The fourth-order valence-electron chi connectivity index (χ4n) is 2.43. The molecule has 1 amide bonds. The Morgan fingerprint density at radius 2 is 1.95 bits per heavy atom. The Bertz CT molecular complexity index is 599. The van der Waals surface area contributed by atoms with E-state index in [-0.39, 0.29) is 17.5 Å². The summed E-state index contributed by atoms with van der Waals surface area (Å²) in [4.78, 5) is 12.1. The lowest BCUT2D eigenvalue weighted by Gasteiger charge is -2.22. The Hall–Kier alpha value is -1.50. The minimum Gasteiger partial charge on any atom is -0.349 e. The number of nitrogens with one attached hydrogen (secondary N) is 1. The van der Waals surface area contributed by atoms with Gasteiger partial charge in [0, 0.05) is 6.04 Å². The first-order valence-electron chi connectivity index (χ1n) is 6.98. The predicted octanol–water partition coefficient (Wildman–Crippen LogP) is 4.35. The molecule has 0 radical (unpaired) electrons. The molecule has 1 aliphatic carbocycles. The molecule has 1 aromatic carbocycles. The van der Waals surface area contributed by atoms with E-state index >= 15 is 0 Å². The molecule has 0 saturated heterocycles. The van der Waals surface area contributed by atoms with Crippen molar-refractivity contribution in [3.05, 3.63) is 39.4 Å². The Morgan fingerprint density at radius 3 is 2.57 bits per heavy atom. The highest BCUT2D eigenvalue weighted by atomic mass is 35.5. The lowest BCUT2D eigenvalue weighted by atomic mass is 9.95. The van der Waals surface area contributed by atoms with E-state index < -0.39 is 0 Å². The first-order chi connectivity index (χ1) is 10.1. The molecule has 1 aromatic rings. The quantitative estimate of drug-likeness (QED) is 0.664. The van der Waals surface area contributed by atoms with Gasteiger partial charge in [-0.05, 0) is 36.6 Å². The maximum atomic E-state index is 12.1. The normalized spacial score (nSPS) is 16.3. The summed E-state index contributed by atoms with van der Waals surface area (Å²) in [7, 11) is 0. The van der Waals surface area contributed by atoms with Crippen molar-refractivity contribution < 1.29 is 4.79 Å². The molecule has 0 aromatic heterocycles. The highest BCUT2D eigenvalue weighted by Gasteiger charge is 2.18. The number of rotatable bonds is 3. The first kappa shape index (κ1) is 15.9. The predicted molar refractivity (Wildman–Crippen MR) is 85.1 cm³/mol. The summed E-state index contributed by atoms with van der Waals surface area (Å²) in [5.41, 5.74) is 0.763. The van der Waals surface area contributed by atoms with E-state index in [9.17, 15) is 10.1 Å². The highest BCUT2D eigenvalue weighted by Crippen LogP contribution is 2.24. The van der Waals surface area contributed by atoms with Gasteiger partial charge < -0.3 is 5.32 Å². The Balaban J connectivity index is 2.10. The van der Waals surface area contributed by atoms with Crippen LogP contribution < -0.4 is 5.32 Å². The summed E-state index contributed by atoms with van der Waals surface area (Å²) >= 11 is 11.8. The molecule has 21 heavy (non-hydrogen) atoms. The standard InChI is InChI=1S/C16H16Cl2N2O/c17-14-7-6-11(9-15(14)18)8-12(10-19)16(21)20-13-4-2-1-3-5-13/h6-9,13H,1-5H2,(H,20,21)/b12-8-. The highest BCUT2D eigenvalue weighted by molar-refractivity contribution is 6.42. The third-order valence-electron chi connectivity index (χ3n) is 3.56. The van der Waals surface area contributed by atoms with Crippen LogP contribution in [0.1, 0.15) is 37.7 Å². The summed E-state index contributed by atoms with van der Waals surface area (Å²) in [6, 6.07) is 7.12. The van der Waals surface area contributed by atoms with Gasteiger partial charge in [0.05, 0.1) is 10.0 Å². The van der Waals surface area contributed by atoms with Gasteiger partial charge in [-0.25, -0.2) is 0 Å². The minimum absolute atomic E-state index is 0.0824. The molecule has 5 heteroatoms. The SMILES string of the molecule is N#C/C(=C/c1ccc(Cl)c(Cl)c1)C(=O)NC1CCCCC1. The maximum absolute atomic E-state index is 12.1. The molecule has 0 heterocycles. The first-order valence-corrected chi connectivity index (χ1v) is 7.73. The molecule has 2 rings (SSSR count). The lowest BCUT2D eigenvalue weighted by molar-refractivity contribution is -0.117. The second-order valence-corrected chi connectivity index (χ2v) is 5.97. The van der Waals surface area contributed by atoms with E-state index in [2.05, 4.69) is 5.32 Å². The van der Waals surface area contributed by atoms with Gasteiger partial charge in [0.2, 0.25) is 0 Å². The van der Waals surface area contributed by atoms with E-state index in [0.29, 0.717) is 15.6 Å². The molecule has 110 valence electrons. The largest absolute Gasteiger partial charge is 0.349 e. The average Bonchev–Trinajstić information content (AvgIpc) is 2.49. The number of hydrogen-bond donors (Lipinski definition) is 1. The molecule has 3 nitrogen and oxygen atoms in total. The number of carbonyl (C=O) groups is 1. The van der Waals surface area contributed by atoms with Crippen LogP contribution in [-0.2, 0) is 4.79 Å². The average molecular weight is 323 g/mol. The van der Waals surface area contributed by atoms with Gasteiger partial charge in [-0.2, -0.15) is 5.26 Å². The van der Waals surface area contributed by atoms with Gasteiger partial charge in [-0.3, -0.25) is 4.79 Å². The number of hydrogen-bond acceptors (Lipinski definition) is 2. The van der Waals surface area contributed by atoms with E-state index in [1.165, 1.54) is 12.5 Å². The van der Waals surface area contributed by atoms with Crippen LogP contribution in [0, 0.1) is 11.3 Å². The van der Waals surface area contributed by atoms with Gasteiger partial charge in [0.1, 0.15) is 11.6 Å². The smallest absolute Gasteiger partial charge is 0.262 e. The number of benzene rings is 1. The van der Waals surface area contributed by atoms with Crippen LogP contribution in [0.3, 0.4) is 0 Å². The zero-order chi connectivity index (χ0) is 15.2. The summed E-state index contributed by atoms with van der Waals surface area (Å²) in [6.07, 6.45) is 6.97. The maximum Gasteiger partial charge on any atom is 0.262 e. The lowest BCUT2D eigenvalue weighted by Crippen LogP contribution is -2.36. The topological polar surface area (TPSA) is 52.9 Å². The van der Waals surface area contributed by atoms with Gasteiger partial charge >= 0.3 is 0 Å². The van der Waals surface area contributed by atoms with Crippen molar-refractivity contribution in [3.8, 4) is 6.07 Å². The van der Waals surface area contributed by atoms with E-state index in [1.807, 2.05) is 6.07 Å². The van der Waals surface area contributed by atoms with Crippen molar-refractivity contribution in [2.75, 3.05) is 0 Å². The zero-order valence-electron chi connectivity index (χ0n) is 11.5. The number of nitriles is 1.